The van der Waals surface area contributed by atoms with Crippen molar-refractivity contribution in [3.63, 3.8) is 0 Å². The Morgan fingerprint density at radius 3 is 0.821 bits per heavy atom. The van der Waals surface area contributed by atoms with Gasteiger partial charge in [0.1, 0.15) is 0 Å². The van der Waals surface area contributed by atoms with E-state index in [0.717, 1.165) is 50.3 Å². The van der Waals surface area contributed by atoms with Gasteiger partial charge in [-0.15, -0.1) is 0 Å². The first-order valence-corrected chi connectivity index (χ1v) is 51.4. The second-order valence-corrected chi connectivity index (χ2v) is 42.0. The fraction of sp³-hybridized carbons (Fsp3) is 0.115. The molecule has 145 heavy (non-hydrogen) atoms. The summed E-state index contributed by atoms with van der Waals surface area (Å²) in [5.74, 6) is 0. The molecule has 0 unspecified atom stereocenters. The van der Waals surface area contributed by atoms with Crippen LogP contribution >= 0.6 is 0 Å². The fourth-order valence-corrected chi connectivity index (χ4v) is 26.3. The summed E-state index contributed by atoms with van der Waals surface area (Å²) in [5.41, 5.74) is 42.9. The molecule has 27 rings (SSSR count). The normalized spacial score (nSPS) is 11.9. The molecule has 27 aromatic rings. The van der Waals surface area contributed by atoms with E-state index in [1.165, 1.54) is 284 Å². The van der Waals surface area contributed by atoms with Crippen LogP contribution in [0.2, 0.25) is 0 Å². The van der Waals surface area contributed by atoms with Crippen molar-refractivity contribution in [2.24, 2.45) is 0 Å². The van der Waals surface area contributed by atoms with Gasteiger partial charge in [0.15, 0.2) is 0 Å². The summed E-state index contributed by atoms with van der Waals surface area (Å²) in [5, 5.41) is 34.5. The third-order valence-electron chi connectivity index (χ3n) is 32.0. The number of hydrogen-bond donors (Lipinski definition) is 0. The second-order valence-electron chi connectivity index (χ2n) is 42.0. The largest absolute Gasteiger partial charge is 0.247 e. The number of pyridine rings is 3. The van der Waals surface area contributed by atoms with Crippen molar-refractivity contribution in [3.05, 3.63) is 465 Å². The van der Waals surface area contributed by atoms with Crippen molar-refractivity contribution in [3.8, 4) is 33.8 Å². The monoisotopic (exact) mass is 1850 g/mol. The van der Waals surface area contributed by atoms with Gasteiger partial charge in [-0.05, 0) is 244 Å². The molecule has 0 aliphatic rings. The van der Waals surface area contributed by atoms with E-state index >= 15 is 0 Å². The van der Waals surface area contributed by atoms with Crippen LogP contribution in [0.5, 0.6) is 0 Å². The van der Waals surface area contributed by atoms with Gasteiger partial charge in [-0.1, -0.05) is 478 Å². The van der Waals surface area contributed by atoms with Gasteiger partial charge in [-0.2, -0.15) is 0 Å². The number of hydrogen-bond acceptors (Lipinski definition) is 3. The quantitative estimate of drug-likeness (QED) is 0.0695. The highest BCUT2D eigenvalue weighted by Gasteiger charge is 2.34. The molecule has 0 aliphatic heterocycles. The molecule has 0 N–H and O–H groups in total. The molecule has 690 valence electrons. The van der Waals surface area contributed by atoms with Crippen LogP contribution in [0.25, 0.3) is 196 Å². The number of aryl methyl sites for hydroxylation is 16. The third-order valence-corrected chi connectivity index (χ3v) is 32.0. The van der Waals surface area contributed by atoms with Gasteiger partial charge in [0, 0.05) is 65.2 Å². The molecule has 3 nitrogen and oxygen atoms in total. The predicted octanol–water partition coefficient (Wildman–Crippen LogP) is 30.3. The highest BCUT2D eigenvalue weighted by molar-refractivity contribution is 6.98. The maximum atomic E-state index is 5.56. The van der Waals surface area contributed by atoms with Gasteiger partial charge in [-0.25, -0.2) is 15.0 Å². The molecular formula is C139H110B3N3. The molecule has 0 radical (unpaired) electrons. The first kappa shape index (κ1) is 89.9. The zero-order valence-electron chi connectivity index (χ0n) is 85.4. The van der Waals surface area contributed by atoms with Crippen molar-refractivity contribution in [2.45, 2.75) is 111 Å². The van der Waals surface area contributed by atoms with Gasteiger partial charge in [0.2, 0.25) is 20.1 Å². The van der Waals surface area contributed by atoms with E-state index in [2.05, 4.69) is 487 Å². The van der Waals surface area contributed by atoms with Crippen molar-refractivity contribution < 1.29 is 0 Å². The minimum atomic E-state index is 0.0876. The fourth-order valence-electron chi connectivity index (χ4n) is 26.3. The SMILES string of the molecule is Cc1cc(C)c(B(c2ccc3c(c2)nc(-c2ccccc2)c2cc4ccc5cccc6ccc(c23)c4c56)c2c(C)cc(C)cc2C)c(C)c1.Cc1cc(C)c(B(c2cccc(-c3nc4ccccc4c4c3cc3ccc5cccc6ccc4c3c56)c2)c2c(C)cc(C)cc2C)c(C)c1.Cc1ccc(B(c2ccc(-c3nc4ccccc4c4c3cc3ccc5cccc6ccc4c3c56)cc2)c2ccc(C)cc2C)c(C)c1. The first-order valence-electron chi connectivity index (χ1n) is 51.4. The summed E-state index contributed by atoms with van der Waals surface area (Å²) in [7, 11) is 0. The van der Waals surface area contributed by atoms with Crippen LogP contribution in [0.1, 0.15) is 89.0 Å². The van der Waals surface area contributed by atoms with Crippen molar-refractivity contribution in [2.75, 3.05) is 0 Å². The summed E-state index contributed by atoms with van der Waals surface area (Å²) in [6.07, 6.45) is 0. The molecule has 3 aromatic heterocycles. The van der Waals surface area contributed by atoms with E-state index in [1.54, 1.807) is 0 Å². The van der Waals surface area contributed by atoms with Crippen LogP contribution in [0.4, 0.5) is 0 Å². The minimum Gasteiger partial charge on any atom is -0.247 e. The zero-order chi connectivity index (χ0) is 98.9. The van der Waals surface area contributed by atoms with E-state index in [1.807, 2.05) is 0 Å². The summed E-state index contributed by atoms with van der Waals surface area (Å²) in [6.45, 7) is 36.2. The topological polar surface area (TPSA) is 38.7 Å². The lowest BCUT2D eigenvalue weighted by Gasteiger charge is -2.25. The Morgan fingerprint density at radius 1 is 0.152 bits per heavy atom. The molecule has 0 aliphatic carbocycles. The molecular weight excluding hydrogens is 1740 g/mol. The first-order chi connectivity index (χ1) is 70.5. The van der Waals surface area contributed by atoms with Crippen LogP contribution in [-0.2, 0) is 0 Å². The number of benzene rings is 24. The van der Waals surface area contributed by atoms with Gasteiger partial charge in [0.05, 0.1) is 33.6 Å². The number of para-hydroxylation sites is 2. The maximum Gasteiger partial charge on any atom is 0.242 e. The lowest BCUT2D eigenvalue weighted by atomic mass is 9.34. The zero-order valence-corrected chi connectivity index (χ0v) is 85.4. The van der Waals surface area contributed by atoms with Crippen molar-refractivity contribution in [1.82, 2.24) is 15.0 Å². The van der Waals surface area contributed by atoms with Gasteiger partial charge >= 0.3 is 0 Å². The Balaban J connectivity index is 0.000000114. The highest BCUT2D eigenvalue weighted by atomic mass is 14.7. The van der Waals surface area contributed by atoms with E-state index < -0.39 is 0 Å². The summed E-state index contributed by atoms with van der Waals surface area (Å²) < 4.78 is 0. The molecule has 0 amide bonds. The van der Waals surface area contributed by atoms with Gasteiger partial charge in [0.25, 0.3) is 0 Å². The lowest BCUT2D eigenvalue weighted by molar-refractivity contribution is 1.34. The Hall–Kier alpha value is -16.4. The smallest absolute Gasteiger partial charge is 0.242 e. The third kappa shape index (κ3) is 15.1. The molecule has 0 fully saturated rings. The molecule has 3 heterocycles. The predicted molar refractivity (Wildman–Crippen MR) is 634 cm³/mol. The molecule has 0 saturated heterocycles. The van der Waals surface area contributed by atoms with Gasteiger partial charge in [-0.3, -0.25) is 0 Å². The summed E-state index contributed by atoms with van der Waals surface area (Å²) in [6, 6.07) is 141. The number of rotatable bonds is 12. The van der Waals surface area contributed by atoms with Crippen LogP contribution in [0.15, 0.2) is 376 Å². The molecule has 0 atom stereocenters. The van der Waals surface area contributed by atoms with E-state index in [4.69, 9.17) is 15.0 Å². The number of nitrogens with zero attached hydrogens (tertiary/aromatic N) is 3. The number of aromatic nitrogens is 3. The lowest BCUT2D eigenvalue weighted by Crippen LogP contribution is -2.55. The van der Waals surface area contributed by atoms with Crippen LogP contribution in [0.3, 0.4) is 0 Å². The van der Waals surface area contributed by atoms with Crippen LogP contribution < -0.4 is 49.2 Å². The Labute approximate surface area is 849 Å². The average Bonchev–Trinajstić information content (AvgIpc) is 0.826. The molecule has 0 spiro atoms. The van der Waals surface area contributed by atoms with Crippen LogP contribution in [0, 0.1) is 111 Å². The molecule has 0 saturated carbocycles. The Morgan fingerprint density at radius 2 is 0.441 bits per heavy atom. The van der Waals surface area contributed by atoms with Crippen molar-refractivity contribution in [1.29, 1.82) is 0 Å². The van der Waals surface area contributed by atoms with Crippen molar-refractivity contribution >= 4 is 231 Å². The van der Waals surface area contributed by atoms with E-state index in [9.17, 15) is 0 Å². The van der Waals surface area contributed by atoms with E-state index in [-0.39, 0.29) is 20.1 Å². The molecule has 24 aromatic carbocycles. The van der Waals surface area contributed by atoms with Crippen LogP contribution in [-0.4, -0.2) is 35.1 Å². The highest BCUT2D eigenvalue weighted by Crippen LogP contribution is 2.48. The second kappa shape index (κ2) is 35.3. The Kier molecular flexibility index (Phi) is 21.9. The van der Waals surface area contributed by atoms with Gasteiger partial charge < -0.3 is 0 Å². The number of fused-ring (bicyclic) bond motifs is 12. The Bertz CT molecular complexity index is 9740. The maximum absolute atomic E-state index is 5.56. The van der Waals surface area contributed by atoms with E-state index in [0.29, 0.717) is 0 Å². The average molecular weight is 1850 g/mol. The summed E-state index contributed by atoms with van der Waals surface area (Å²) in [4.78, 5) is 16.4. The standard InChI is InChI=1S/2C47H38BN.C45H34BN/c1-27-21-29(3)45(30(4)22-27)48(46-31(5)23-28(2)24-32(46)6)37-14-10-13-36(25-37)47-40-26-35-18-17-33-11-9-12-34-19-20-39(43(35)42(33)34)44(40)38-15-7-8-16-41(38)49-47;1-27-21-29(3)45(30(4)22-27)48(46-31(5)23-28(2)24-32(46)6)37-18-20-38-41(26-37)49-47(35-11-8-7-9-12-35)40-25-36-16-15-33-13-10-14-34-17-19-39(44(38)40)43(36)42(33)34;1-27-12-22-39(29(3)24-27)46(40-23-13-28(2)25-30(40)4)35-19-16-33(17-20-35)45-38-26-34-15-14-31-8-7-9-32-18-21-37(43(34)42(31)32)44(38)36-10-5-6-11-41(36)47-45/h2*7-26H,1-6H3;5-26H,1-4H3. The molecule has 6 heteroatoms. The molecule has 0 bridgehead atoms. The summed E-state index contributed by atoms with van der Waals surface area (Å²) >= 11 is 0. The minimum absolute atomic E-state index is 0.0876.